The summed E-state index contributed by atoms with van der Waals surface area (Å²) in [7, 11) is 0. The Balaban J connectivity index is 2.35. The van der Waals surface area contributed by atoms with Gasteiger partial charge in [0.05, 0.1) is 0 Å². The minimum absolute atomic E-state index is 0.245. The summed E-state index contributed by atoms with van der Waals surface area (Å²) in [6.07, 6.45) is 1.65. The molecular formula is C12H13NO. The number of hydrogen-bond donors (Lipinski definition) is 0. The molecular weight excluding hydrogens is 174 g/mol. The Morgan fingerprint density at radius 2 is 2.14 bits per heavy atom. The molecule has 1 aromatic carbocycles. The number of hydrogen-bond acceptors (Lipinski definition) is 2. The van der Waals surface area contributed by atoms with E-state index >= 15 is 0 Å². The van der Waals surface area contributed by atoms with Crippen LogP contribution in [-0.2, 0) is 10.3 Å². The van der Waals surface area contributed by atoms with E-state index in [1.165, 1.54) is 5.56 Å². The molecule has 0 bridgehead atoms. The molecule has 0 N–H and O–H groups in total. The van der Waals surface area contributed by atoms with Gasteiger partial charge < -0.3 is 4.74 Å². The molecule has 0 spiro atoms. The fraction of sp³-hybridized carbons (Fsp3) is 0.250. The normalized spacial score (nSPS) is 25.4. The Bertz CT molecular complexity index is 369. The van der Waals surface area contributed by atoms with Crippen LogP contribution >= 0.6 is 0 Å². The van der Waals surface area contributed by atoms with Crippen molar-refractivity contribution >= 4 is 5.90 Å². The van der Waals surface area contributed by atoms with Gasteiger partial charge in [0.1, 0.15) is 12.1 Å². The second-order valence-electron chi connectivity index (χ2n) is 3.58. The third kappa shape index (κ3) is 1.43. The van der Waals surface area contributed by atoms with Gasteiger partial charge in [-0.15, -0.1) is 0 Å². The van der Waals surface area contributed by atoms with E-state index in [1.54, 1.807) is 6.08 Å². The van der Waals surface area contributed by atoms with E-state index in [0.29, 0.717) is 12.5 Å². The van der Waals surface area contributed by atoms with Crippen LogP contribution in [0.5, 0.6) is 0 Å². The molecule has 72 valence electrons. The van der Waals surface area contributed by atoms with Crippen LogP contribution in [0.15, 0.2) is 48.0 Å². The van der Waals surface area contributed by atoms with E-state index in [2.05, 4.69) is 30.6 Å². The van der Waals surface area contributed by atoms with Gasteiger partial charge in [-0.2, -0.15) is 0 Å². The second-order valence-corrected chi connectivity index (χ2v) is 3.58. The van der Waals surface area contributed by atoms with Crippen LogP contribution < -0.4 is 0 Å². The van der Waals surface area contributed by atoms with Gasteiger partial charge in [0.15, 0.2) is 0 Å². The van der Waals surface area contributed by atoms with Crippen LogP contribution in [0, 0.1) is 0 Å². The molecule has 2 nitrogen and oxygen atoms in total. The van der Waals surface area contributed by atoms with Crippen LogP contribution in [0.4, 0.5) is 0 Å². The fourth-order valence-electron chi connectivity index (χ4n) is 1.57. The molecule has 2 rings (SSSR count). The van der Waals surface area contributed by atoms with Crippen molar-refractivity contribution in [2.45, 2.75) is 12.5 Å². The van der Waals surface area contributed by atoms with Crippen LogP contribution in [0.3, 0.4) is 0 Å². The molecule has 2 heteroatoms. The number of rotatable bonds is 2. The fourth-order valence-corrected chi connectivity index (χ4v) is 1.57. The van der Waals surface area contributed by atoms with Gasteiger partial charge >= 0.3 is 0 Å². The van der Waals surface area contributed by atoms with Crippen molar-refractivity contribution in [3.63, 3.8) is 0 Å². The minimum Gasteiger partial charge on any atom is -0.475 e. The van der Waals surface area contributed by atoms with E-state index in [1.807, 2.05) is 18.2 Å². The first kappa shape index (κ1) is 9.00. The maximum Gasteiger partial charge on any atom is 0.209 e. The third-order valence-corrected chi connectivity index (χ3v) is 2.43. The van der Waals surface area contributed by atoms with Crippen molar-refractivity contribution in [2.24, 2.45) is 4.99 Å². The molecule has 0 fully saturated rings. The van der Waals surface area contributed by atoms with E-state index in [4.69, 9.17) is 4.74 Å². The Morgan fingerprint density at radius 3 is 2.71 bits per heavy atom. The maximum atomic E-state index is 5.40. The first-order valence-corrected chi connectivity index (χ1v) is 4.65. The summed E-state index contributed by atoms with van der Waals surface area (Å²) in [4.78, 5) is 4.49. The Morgan fingerprint density at radius 1 is 1.43 bits per heavy atom. The monoisotopic (exact) mass is 187 g/mol. The SMILES string of the molecule is C=CC1=NC(C)(c2ccccc2)CO1. The highest BCUT2D eigenvalue weighted by Gasteiger charge is 2.32. The summed E-state index contributed by atoms with van der Waals surface area (Å²) < 4.78 is 5.40. The largest absolute Gasteiger partial charge is 0.475 e. The molecule has 0 aromatic heterocycles. The lowest BCUT2D eigenvalue weighted by Gasteiger charge is -2.18. The molecule has 1 heterocycles. The van der Waals surface area contributed by atoms with Crippen LogP contribution in [-0.4, -0.2) is 12.5 Å². The van der Waals surface area contributed by atoms with Crippen molar-refractivity contribution in [1.29, 1.82) is 0 Å². The van der Waals surface area contributed by atoms with Crippen molar-refractivity contribution in [3.8, 4) is 0 Å². The van der Waals surface area contributed by atoms with Gasteiger partial charge in [0.25, 0.3) is 0 Å². The van der Waals surface area contributed by atoms with Crippen molar-refractivity contribution in [2.75, 3.05) is 6.61 Å². The zero-order chi connectivity index (χ0) is 10.0. The lowest BCUT2D eigenvalue weighted by atomic mass is 9.94. The zero-order valence-electron chi connectivity index (χ0n) is 8.23. The molecule has 0 saturated heterocycles. The van der Waals surface area contributed by atoms with Gasteiger partial charge in [-0.25, -0.2) is 4.99 Å². The lowest BCUT2D eigenvalue weighted by Crippen LogP contribution is -2.20. The first-order chi connectivity index (χ1) is 6.74. The summed E-state index contributed by atoms with van der Waals surface area (Å²) >= 11 is 0. The van der Waals surface area contributed by atoms with E-state index in [0.717, 1.165) is 0 Å². The van der Waals surface area contributed by atoms with Crippen molar-refractivity contribution in [3.05, 3.63) is 48.6 Å². The second kappa shape index (κ2) is 3.29. The average molecular weight is 187 g/mol. The zero-order valence-corrected chi connectivity index (χ0v) is 8.23. The summed E-state index contributed by atoms with van der Waals surface area (Å²) in [5.74, 6) is 0.636. The quantitative estimate of drug-likeness (QED) is 0.697. The Kier molecular flexibility index (Phi) is 2.12. The van der Waals surface area contributed by atoms with E-state index < -0.39 is 0 Å². The third-order valence-electron chi connectivity index (χ3n) is 2.43. The Labute approximate surface area is 83.9 Å². The highest BCUT2D eigenvalue weighted by atomic mass is 16.5. The molecule has 0 radical (unpaired) electrons. The van der Waals surface area contributed by atoms with Gasteiger partial charge in [-0.05, 0) is 18.6 Å². The summed E-state index contributed by atoms with van der Waals surface area (Å²) in [5, 5.41) is 0. The van der Waals surface area contributed by atoms with Crippen molar-refractivity contribution in [1.82, 2.24) is 0 Å². The molecule has 1 atom stereocenters. The Hall–Kier alpha value is -1.57. The molecule has 0 aliphatic carbocycles. The van der Waals surface area contributed by atoms with E-state index in [-0.39, 0.29) is 5.54 Å². The number of benzene rings is 1. The highest BCUT2D eigenvalue weighted by Crippen LogP contribution is 2.30. The number of aliphatic imine (C=N–C) groups is 1. The molecule has 1 aliphatic heterocycles. The predicted molar refractivity (Wildman–Crippen MR) is 57.4 cm³/mol. The van der Waals surface area contributed by atoms with Gasteiger partial charge in [-0.3, -0.25) is 0 Å². The minimum atomic E-state index is -0.245. The molecule has 1 unspecified atom stereocenters. The molecule has 14 heavy (non-hydrogen) atoms. The average Bonchev–Trinajstić information content (AvgIpc) is 2.63. The van der Waals surface area contributed by atoms with Gasteiger partial charge in [0.2, 0.25) is 5.90 Å². The predicted octanol–water partition coefficient (Wildman–Crippen LogP) is 2.52. The van der Waals surface area contributed by atoms with Gasteiger partial charge in [0, 0.05) is 0 Å². The number of ether oxygens (including phenoxy) is 1. The maximum absolute atomic E-state index is 5.40. The van der Waals surface area contributed by atoms with Crippen LogP contribution in [0.2, 0.25) is 0 Å². The standard InChI is InChI=1S/C12H13NO/c1-3-11-13-12(2,9-14-11)10-7-5-4-6-8-10/h3-8H,1,9H2,2H3. The van der Waals surface area contributed by atoms with Crippen molar-refractivity contribution < 1.29 is 4.74 Å². The molecule has 1 aliphatic rings. The molecule has 0 amide bonds. The molecule has 0 saturated carbocycles. The van der Waals surface area contributed by atoms with Crippen LogP contribution in [0.25, 0.3) is 0 Å². The summed E-state index contributed by atoms with van der Waals surface area (Å²) in [6.45, 7) is 6.31. The molecule has 1 aromatic rings. The van der Waals surface area contributed by atoms with E-state index in [9.17, 15) is 0 Å². The lowest BCUT2D eigenvalue weighted by molar-refractivity contribution is 0.270. The first-order valence-electron chi connectivity index (χ1n) is 4.65. The summed E-state index contributed by atoms with van der Waals surface area (Å²) in [5.41, 5.74) is 0.932. The summed E-state index contributed by atoms with van der Waals surface area (Å²) in [6, 6.07) is 10.2. The van der Waals surface area contributed by atoms with Gasteiger partial charge in [-0.1, -0.05) is 36.9 Å². The highest BCUT2D eigenvalue weighted by molar-refractivity contribution is 5.88. The smallest absolute Gasteiger partial charge is 0.209 e. The topological polar surface area (TPSA) is 21.6 Å². The van der Waals surface area contributed by atoms with Crippen LogP contribution in [0.1, 0.15) is 12.5 Å². The number of nitrogens with zero attached hydrogens (tertiary/aromatic N) is 1.